The fourth-order valence-corrected chi connectivity index (χ4v) is 3.33. The van der Waals surface area contributed by atoms with Crippen molar-refractivity contribution in [2.75, 3.05) is 13.7 Å². The number of methoxy groups -OCH3 is 1. The van der Waals surface area contributed by atoms with Crippen LogP contribution in [0.5, 0.6) is 17.2 Å². The lowest BCUT2D eigenvalue weighted by Crippen LogP contribution is -2.34. The van der Waals surface area contributed by atoms with Gasteiger partial charge in [0.15, 0.2) is 23.7 Å². The van der Waals surface area contributed by atoms with Gasteiger partial charge in [0, 0.05) is 33.3 Å². The van der Waals surface area contributed by atoms with Gasteiger partial charge in [0.25, 0.3) is 0 Å². The topological polar surface area (TPSA) is 124 Å². The van der Waals surface area contributed by atoms with Crippen LogP contribution in [-0.4, -0.2) is 43.7 Å². The second-order valence-corrected chi connectivity index (χ2v) is 7.81. The summed E-state index contributed by atoms with van der Waals surface area (Å²) in [7, 11) is 1.40. The Kier molecular flexibility index (Phi) is 10.3. The first kappa shape index (κ1) is 28.2. The average Bonchev–Trinajstić information content (AvgIpc) is 2.80. The summed E-state index contributed by atoms with van der Waals surface area (Å²) >= 11 is 0. The second kappa shape index (κ2) is 13.1. The van der Waals surface area contributed by atoms with E-state index in [9.17, 15) is 19.2 Å². The zero-order chi connectivity index (χ0) is 26.8. The molecule has 0 N–H and O–H groups in total. The van der Waals surface area contributed by atoms with Gasteiger partial charge >= 0.3 is 23.9 Å². The quantitative estimate of drug-likeness (QED) is 0.254. The molecule has 36 heavy (non-hydrogen) atoms. The van der Waals surface area contributed by atoms with E-state index in [1.54, 1.807) is 43.3 Å². The first-order valence-corrected chi connectivity index (χ1v) is 11.1. The van der Waals surface area contributed by atoms with Gasteiger partial charge in [-0.05, 0) is 36.8 Å². The Balaban J connectivity index is 2.40. The van der Waals surface area contributed by atoms with Crippen molar-refractivity contribution in [3.63, 3.8) is 0 Å². The third-order valence-corrected chi connectivity index (χ3v) is 4.83. The summed E-state index contributed by atoms with van der Waals surface area (Å²) in [6.45, 7) is 6.59. The van der Waals surface area contributed by atoms with Gasteiger partial charge in [0.1, 0.15) is 18.5 Å². The van der Waals surface area contributed by atoms with Crippen molar-refractivity contribution in [3.8, 4) is 17.2 Å². The largest absolute Gasteiger partial charge is 0.493 e. The molecule has 2 rings (SSSR count). The molecule has 0 bridgehead atoms. The normalized spacial score (nSPS) is 12.9. The molecule has 0 aromatic heterocycles. The number of carbonyl (C=O) groups is 4. The van der Waals surface area contributed by atoms with Crippen LogP contribution in [0.3, 0.4) is 0 Å². The molecule has 0 saturated heterocycles. The van der Waals surface area contributed by atoms with E-state index in [1.165, 1.54) is 40.9 Å². The highest BCUT2D eigenvalue weighted by Crippen LogP contribution is 2.34. The summed E-state index contributed by atoms with van der Waals surface area (Å²) < 4.78 is 32.5. The molecule has 2 aromatic carbocycles. The van der Waals surface area contributed by atoms with Crippen molar-refractivity contribution in [2.24, 2.45) is 0 Å². The lowest BCUT2D eigenvalue weighted by Gasteiger charge is -2.28. The van der Waals surface area contributed by atoms with Gasteiger partial charge < -0.3 is 28.4 Å². The fourth-order valence-electron chi connectivity index (χ4n) is 3.33. The van der Waals surface area contributed by atoms with E-state index in [0.29, 0.717) is 11.3 Å². The minimum atomic E-state index is -1.01. The van der Waals surface area contributed by atoms with Crippen molar-refractivity contribution in [2.45, 2.75) is 52.9 Å². The number of hydrogen-bond donors (Lipinski definition) is 0. The van der Waals surface area contributed by atoms with Gasteiger partial charge in [0.05, 0.1) is 7.11 Å². The molecular formula is C26H30O10. The zero-order valence-corrected chi connectivity index (χ0v) is 21.1. The third-order valence-electron chi connectivity index (χ3n) is 4.83. The molecule has 0 amide bonds. The number of ether oxygens (including phenoxy) is 6. The van der Waals surface area contributed by atoms with Crippen molar-refractivity contribution in [1.82, 2.24) is 0 Å². The van der Waals surface area contributed by atoms with Crippen molar-refractivity contribution >= 4 is 23.9 Å². The molecule has 3 atom stereocenters. The monoisotopic (exact) mass is 502 g/mol. The molecule has 0 fully saturated rings. The van der Waals surface area contributed by atoms with Gasteiger partial charge in [-0.3, -0.25) is 19.2 Å². The summed E-state index contributed by atoms with van der Waals surface area (Å²) in [6.07, 6.45) is -2.41. The number of benzene rings is 2. The highest BCUT2D eigenvalue weighted by Gasteiger charge is 2.31. The highest BCUT2D eigenvalue weighted by atomic mass is 16.6. The van der Waals surface area contributed by atoms with E-state index in [2.05, 4.69) is 0 Å². The van der Waals surface area contributed by atoms with Crippen LogP contribution >= 0.6 is 0 Å². The van der Waals surface area contributed by atoms with Crippen LogP contribution in [0.4, 0.5) is 0 Å². The van der Waals surface area contributed by atoms with Crippen LogP contribution in [-0.2, 0) is 33.4 Å². The van der Waals surface area contributed by atoms with Crippen LogP contribution in [0.1, 0.15) is 58.0 Å². The molecule has 2 aromatic rings. The Morgan fingerprint density at radius 3 is 1.89 bits per heavy atom. The van der Waals surface area contributed by atoms with Crippen LogP contribution in [0.25, 0.3) is 0 Å². The molecule has 1 unspecified atom stereocenters. The van der Waals surface area contributed by atoms with Crippen molar-refractivity contribution < 1.29 is 47.6 Å². The molecule has 0 aliphatic heterocycles. The minimum absolute atomic E-state index is 0.185. The van der Waals surface area contributed by atoms with Gasteiger partial charge in [-0.25, -0.2) is 0 Å². The summed E-state index contributed by atoms with van der Waals surface area (Å²) in [5, 5.41) is 0. The van der Waals surface area contributed by atoms with Crippen LogP contribution in [0, 0.1) is 0 Å². The highest BCUT2D eigenvalue weighted by molar-refractivity contribution is 5.70. The first-order valence-electron chi connectivity index (χ1n) is 11.1. The lowest BCUT2D eigenvalue weighted by molar-refractivity contribution is -0.157. The van der Waals surface area contributed by atoms with Crippen molar-refractivity contribution in [1.29, 1.82) is 0 Å². The molecule has 0 radical (unpaired) electrons. The standard InChI is InChI=1S/C26H30O10/c1-15(33-17(3)28)20-7-10-22(11-8-20)36-25(14-32-16(2)27)26(35-19(5)30)21-9-12-23(34-18(4)29)24(13-21)31-6/h7-13,15,25-26H,14H2,1-6H3/t15?,25-,26-/m1/s1. The minimum Gasteiger partial charge on any atom is -0.493 e. The molecular weight excluding hydrogens is 472 g/mol. The van der Waals surface area contributed by atoms with Gasteiger partial charge in [-0.15, -0.1) is 0 Å². The average molecular weight is 503 g/mol. The van der Waals surface area contributed by atoms with E-state index in [-0.39, 0.29) is 18.1 Å². The third kappa shape index (κ3) is 8.61. The Bertz CT molecular complexity index is 1080. The van der Waals surface area contributed by atoms with E-state index in [1.807, 2.05) is 0 Å². The first-order chi connectivity index (χ1) is 17.0. The van der Waals surface area contributed by atoms with Crippen LogP contribution in [0.2, 0.25) is 0 Å². The van der Waals surface area contributed by atoms with Gasteiger partial charge in [-0.2, -0.15) is 0 Å². The molecule has 10 nitrogen and oxygen atoms in total. The van der Waals surface area contributed by atoms with E-state index in [4.69, 9.17) is 28.4 Å². The fraction of sp³-hybridized carbons (Fsp3) is 0.385. The number of carbonyl (C=O) groups excluding carboxylic acids is 4. The maximum atomic E-state index is 12.0. The summed E-state index contributed by atoms with van der Waals surface area (Å²) in [6, 6.07) is 11.4. The van der Waals surface area contributed by atoms with Crippen LogP contribution in [0.15, 0.2) is 42.5 Å². The predicted molar refractivity (Wildman–Crippen MR) is 126 cm³/mol. The molecule has 0 saturated carbocycles. The summed E-state index contributed by atoms with van der Waals surface area (Å²) in [5.41, 5.74) is 1.20. The van der Waals surface area contributed by atoms with Crippen LogP contribution < -0.4 is 14.2 Å². The summed E-state index contributed by atoms with van der Waals surface area (Å²) in [4.78, 5) is 46.1. The molecule has 0 spiro atoms. The SMILES string of the molecule is COc1cc([C@@H](OC(C)=O)[C@@H](COC(C)=O)Oc2ccc(C(C)OC(C)=O)cc2)ccc1OC(C)=O. The Morgan fingerprint density at radius 2 is 1.36 bits per heavy atom. The van der Waals surface area contributed by atoms with E-state index >= 15 is 0 Å². The van der Waals surface area contributed by atoms with Gasteiger partial charge in [-0.1, -0.05) is 18.2 Å². The zero-order valence-electron chi connectivity index (χ0n) is 21.1. The molecule has 194 valence electrons. The number of rotatable bonds is 11. The maximum absolute atomic E-state index is 12.0. The second-order valence-electron chi connectivity index (χ2n) is 7.81. The molecule has 0 aliphatic carbocycles. The number of esters is 4. The van der Waals surface area contributed by atoms with E-state index < -0.39 is 42.2 Å². The van der Waals surface area contributed by atoms with Gasteiger partial charge in [0.2, 0.25) is 0 Å². The van der Waals surface area contributed by atoms with Crippen molar-refractivity contribution in [3.05, 3.63) is 53.6 Å². The predicted octanol–water partition coefficient (Wildman–Crippen LogP) is 3.86. The molecule has 0 heterocycles. The molecule has 10 heteroatoms. The lowest BCUT2D eigenvalue weighted by atomic mass is 10.0. The smallest absolute Gasteiger partial charge is 0.308 e. The van der Waals surface area contributed by atoms with E-state index in [0.717, 1.165) is 5.56 Å². The Labute approximate surface area is 209 Å². The Morgan fingerprint density at radius 1 is 0.750 bits per heavy atom. The number of hydrogen-bond acceptors (Lipinski definition) is 10. The Hall–Kier alpha value is -4.08. The maximum Gasteiger partial charge on any atom is 0.308 e. The summed E-state index contributed by atoms with van der Waals surface area (Å²) in [5.74, 6) is -1.25. The molecule has 0 aliphatic rings.